The van der Waals surface area contributed by atoms with Gasteiger partial charge in [0.15, 0.2) is 5.65 Å². The van der Waals surface area contributed by atoms with Gasteiger partial charge in [-0.1, -0.05) is 5.21 Å². The molecule has 150 valence electrons. The molecule has 0 radical (unpaired) electrons. The molecule has 0 bridgehead atoms. The summed E-state index contributed by atoms with van der Waals surface area (Å²) in [6.07, 6.45) is 6.51. The molecule has 0 amide bonds. The molecule has 5 aromatic rings. The molecule has 4 aromatic heterocycles. The van der Waals surface area contributed by atoms with Gasteiger partial charge in [-0.15, -0.1) is 5.10 Å². The normalized spacial score (nSPS) is 12.7. The number of hydrogen-bond donors (Lipinski definition) is 0. The Morgan fingerprint density at radius 3 is 2.67 bits per heavy atom. The largest absolute Gasteiger partial charge is 0.275 e. The Balaban J connectivity index is 1.68. The maximum Gasteiger partial charge on any atom is 0.221 e. The van der Waals surface area contributed by atoms with Crippen LogP contribution in [-0.4, -0.2) is 39.7 Å². The minimum absolute atomic E-state index is 0.152. The zero-order valence-corrected chi connectivity index (χ0v) is 17.3. The lowest BCUT2D eigenvalue weighted by Gasteiger charge is -2.16. The molecule has 0 spiro atoms. The van der Waals surface area contributed by atoms with Crippen molar-refractivity contribution in [2.24, 2.45) is 7.05 Å². The number of aromatic nitrogens is 8. The minimum atomic E-state index is -0.815. The summed E-state index contributed by atoms with van der Waals surface area (Å²) in [5, 5.41) is 12.3. The smallest absolute Gasteiger partial charge is 0.221 e. The molecule has 1 unspecified atom stereocenters. The van der Waals surface area contributed by atoms with E-state index in [-0.39, 0.29) is 22.1 Å². The van der Waals surface area contributed by atoms with E-state index in [4.69, 9.17) is 0 Å². The average Bonchev–Trinajstić information content (AvgIpc) is 3.33. The molecule has 30 heavy (non-hydrogen) atoms. The van der Waals surface area contributed by atoms with Gasteiger partial charge in [-0.05, 0) is 28.9 Å². The van der Waals surface area contributed by atoms with Gasteiger partial charge in [0.05, 0.1) is 24.0 Å². The minimum Gasteiger partial charge on any atom is -0.275 e. The number of hydrogen-bond acceptors (Lipinski definition) is 6. The summed E-state index contributed by atoms with van der Waals surface area (Å²) in [4.78, 5) is 12.6. The molecule has 4 heterocycles. The second-order valence-electron chi connectivity index (χ2n) is 6.83. The Hall–Kier alpha value is -3.34. The van der Waals surface area contributed by atoms with Crippen molar-refractivity contribution in [3.05, 3.63) is 58.7 Å². The van der Waals surface area contributed by atoms with Crippen LogP contribution in [0, 0.1) is 11.6 Å². The van der Waals surface area contributed by atoms with Crippen molar-refractivity contribution in [2.45, 2.75) is 13.0 Å². The van der Waals surface area contributed by atoms with Gasteiger partial charge in [0.25, 0.3) is 0 Å². The highest BCUT2D eigenvalue weighted by atomic mass is 79.9. The SMILES string of the molecule is CC(c1c(F)cc2ncc(-c3cnn(C)c3)cc2c1F)n1nnc2ncc(Br)nc21. The molecule has 5 rings (SSSR count). The second kappa shape index (κ2) is 6.87. The Kier molecular flexibility index (Phi) is 4.28. The van der Waals surface area contributed by atoms with Crippen molar-refractivity contribution < 1.29 is 8.78 Å². The topological polar surface area (TPSA) is 87.2 Å². The standard InChI is InChI=1S/C19H13BrF2N8/c1-9(30-19-18(27-28-30)24-7-15(20)26-19)16-13(21)4-14-12(17(16)22)3-10(5-23-14)11-6-25-29(2)8-11/h3-9H,1-2H3. The van der Waals surface area contributed by atoms with Crippen LogP contribution in [-0.2, 0) is 7.05 Å². The van der Waals surface area contributed by atoms with Crippen LogP contribution >= 0.6 is 15.9 Å². The Morgan fingerprint density at radius 2 is 1.90 bits per heavy atom. The molecule has 0 N–H and O–H groups in total. The molecule has 11 heteroatoms. The maximum absolute atomic E-state index is 15.5. The fraction of sp³-hybridized carbons (Fsp3) is 0.158. The van der Waals surface area contributed by atoms with Gasteiger partial charge >= 0.3 is 0 Å². The monoisotopic (exact) mass is 470 g/mol. The first-order chi connectivity index (χ1) is 14.4. The predicted molar refractivity (Wildman–Crippen MR) is 108 cm³/mol. The van der Waals surface area contributed by atoms with Gasteiger partial charge in [0.2, 0.25) is 5.65 Å². The van der Waals surface area contributed by atoms with E-state index in [2.05, 4.69) is 46.3 Å². The van der Waals surface area contributed by atoms with Crippen LogP contribution in [0.3, 0.4) is 0 Å². The van der Waals surface area contributed by atoms with Gasteiger partial charge in [-0.2, -0.15) is 5.10 Å². The summed E-state index contributed by atoms with van der Waals surface area (Å²) >= 11 is 3.24. The molecule has 1 aromatic carbocycles. The number of benzene rings is 1. The summed E-state index contributed by atoms with van der Waals surface area (Å²) in [5.74, 6) is -1.43. The predicted octanol–water partition coefficient (Wildman–Crippen LogP) is 3.82. The summed E-state index contributed by atoms with van der Waals surface area (Å²) in [5.41, 5.74) is 2.14. The summed E-state index contributed by atoms with van der Waals surface area (Å²) in [6, 6.07) is 2.04. The number of aryl methyl sites for hydroxylation is 1. The maximum atomic E-state index is 15.5. The Bertz CT molecular complexity index is 1430. The lowest BCUT2D eigenvalue weighted by atomic mass is 10.0. The quantitative estimate of drug-likeness (QED) is 0.398. The molecule has 0 saturated carbocycles. The van der Waals surface area contributed by atoms with Gasteiger partial charge in [-0.25, -0.2) is 23.4 Å². The van der Waals surface area contributed by atoms with Crippen molar-refractivity contribution in [3.8, 4) is 11.1 Å². The highest BCUT2D eigenvalue weighted by Crippen LogP contribution is 2.32. The van der Waals surface area contributed by atoms with Crippen LogP contribution in [0.1, 0.15) is 18.5 Å². The van der Waals surface area contributed by atoms with Crippen LogP contribution in [0.25, 0.3) is 33.3 Å². The molecule has 0 aliphatic rings. The number of rotatable bonds is 3. The third kappa shape index (κ3) is 2.93. The van der Waals surface area contributed by atoms with Crippen molar-refractivity contribution in [2.75, 3.05) is 0 Å². The van der Waals surface area contributed by atoms with Crippen LogP contribution in [0.5, 0.6) is 0 Å². The van der Waals surface area contributed by atoms with Gasteiger partial charge in [0, 0.05) is 47.6 Å². The highest BCUT2D eigenvalue weighted by Gasteiger charge is 2.24. The van der Waals surface area contributed by atoms with E-state index in [0.717, 1.165) is 5.56 Å². The third-order valence-electron chi connectivity index (χ3n) is 4.89. The highest BCUT2D eigenvalue weighted by molar-refractivity contribution is 9.10. The molecule has 0 saturated heterocycles. The van der Waals surface area contributed by atoms with Crippen molar-refractivity contribution in [1.82, 2.24) is 39.7 Å². The molecule has 0 fully saturated rings. The second-order valence-corrected chi connectivity index (χ2v) is 7.64. The Morgan fingerprint density at radius 1 is 1.07 bits per heavy atom. The van der Waals surface area contributed by atoms with Crippen LogP contribution in [0.2, 0.25) is 0 Å². The lowest BCUT2D eigenvalue weighted by molar-refractivity contribution is 0.484. The number of nitrogens with zero attached hydrogens (tertiary/aromatic N) is 8. The fourth-order valence-electron chi connectivity index (χ4n) is 3.42. The summed E-state index contributed by atoms with van der Waals surface area (Å²) in [7, 11) is 1.79. The summed E-state index contributed by atoms with van der Waals surface area (Å²) in [6.45, 7) is 1.63. The zero-order chi connectivity index (χ0) is 21.0. The first-order valence-corrected chi connectivity index (χ1v) is 9.72. The molecular weight excluding hydrogens is 458 g/mol. The molecular formula is C19H13BrF2N8. The van der Waals surface area contributed by atoms with Crippen molar-refractivity contribution in [3.63, 3.8) is 0 Å². The van der Waals surface area contributed by atoms with E-state index in [9.17, 15) is 4.39 Å². The van der Waals surface area contributed by atoms with E-state index >= 15 is 4.39 Å². The van der Waals surface area contributed by atoms with E-state index < -0.39 is 17.7 Å². The summed E-state index contributed by atoms with van der Waals surface area (Å²) < 4.78 is 33.9. The van der Waals surface area contributed by atoms with Crippen molar-refractivity contribution >= 4 is 38.1 Å². The zero-order valence-electron chi connectivity index (χ0n) is 15.8. The molecule has 0 aliphatic heterocycles. The Labute approximate surface area is 176 Å². The average molecular weight is 471 g/mol. The molecule has 0 aliphatic carbocycles. The lowest BCUT2D eigenvalue weighted by Crippen LogP contribution is -2.13. The van der Waals surface area contributed by atoms with Crippen molar-refractivity contribution in [1.29, 1.82) is 0 Å². The van der Waals surface area contributed by atoms with E-state index in [0.29, 0.717) is 15.8 Å². The van der Waals surface area contributed by atoms with Crippen LogP contribution in [0.15, 0.2) is 41.5 Å². The van der Waals surface area contributed by atoms with E-state index in [1.165, 1.54) is 16.9 Å². The van der Waals surface area contributed by atoms with E-state index in [1.54, 1.807) is 43.3 Å². The number of pyridine rings is 1. The van der Waals surface area contributed by atoms with Crippen LogP contribution in [0.4, 0.5) is 8.78 Å². The first kappa shape index (κ1) is 18.7. The third-order valence-corrected chi connectivity index (χ3v) is 5.28. The van der Waals surface area contributed by atoms with Gasteiger partial charge in [-0.3, -0.25) is 9.67 Å². The molecule has 8 nitrogen and oxygen atoms in total. The number of fused-ring (bicyclic) bond motifs is 2. The number of halogens is 3. The van der Waals surface area contributed by atoms with Gasteiger partial charge < -0.3 is 0 Å². The van der Waals surface area contributed by atoms with Crippen LogP contribution < -0.4 is 0 Å². The first-order valence-electron chi connectivity index (χ1n) is 8.92. The van der Waals surface area contributed by atoms with E-state index in [1.807, 2.05) is 0 Å². The van der Waals surface area contributed by atoms with Gasteiger partial charge in [0.1, 0.15) is 16.2 Å². The fourth-order valence-corrected chi connectivity index (χ4v) is 3.69. The molecule has 1 atom stereocenters.